The number of nitrogens with two attached hydrogens (primary N) is 1. The van der Waals surface area contributed by atoms with E-state index in [1.54, 1.807) is 6.21 Å². The van der Waals surface area contributed by atoms with Crippen molar-refractivity contribution in [2.75, 3.05) is 38.1 Å². The molecule has 1 heterocycles. The third-order valence-electron chi connectivity index (χ3n) is 4.46. The third-order valence-corrected chi connectivity index (χ3v) is 4.55. The lowest BCUT2D eigenvalue weighted by Crippen LogP contribution is -2.44. The number of piperazine rings is 1. The van der Waals surface area contributed by atoms with Crippen molar-refractivity contribution < 1.29 is 4.74 Å². The molecule has 0 atom stereocenters. The van der Waals surface area contributed by atoms with Gasteiger partial charge in [-0.25, -0.2) is 0 Å². The lowest BCUT2D eigenvalue weighted by Gasteiger charge is -2.34. The summed E-state index contributed by atoms with van der Waals surface area (Å²) in [5.74, 6) is 0.887. The summed E-state index contributed by atoms with van der Waals surface area (Å²) in [5.41, 5.74) is 11.1. The van der Waals surface area contributed by atoms with Crippen LogP contribution in [0.5, 0.6) is 5.75 Å². The maximum absolute atomic E-state index is 5.98. The second kappa shape index (κ2) is 9.34. The monoisotopic (exact) mass is 383 g/mol. The van der Waals surface area contributed by atoms with Gasteiger partial charge in [-0.05, 0) is 42.5 Å². The Morgan fingerprint density at radius 2 is 1.93 bits per heavy atom. The van der Waals surface area contributed by atoms with Crippen LogP contribution in [0, 0.1) is 0 Å². The molecule has 1 saturated heterocycles. The van der Waals surface area contributed by atoms with Gasteiger partial charge in [0.15, 0.2) is 5.11 Å². The fourth-order valence-electron chi connectivity index (χ4n) is 2.87. The number of anilines is 1. The molecule has 2 aromatic carbocycles. The van der Waals surface area contributed by atoms with Crippen LogP contribution in [0.3, 0.4) is 0 Å². The molecule has 3 rings (SSSR count). The minimum absolute atomic E-state index is 0.148. The molecule has 142 valence electrons. The molecule has 27 heavy (non-hydrogen) atoms. The van der Waals surface area contributed by atoms with Gasteiger partial charge in [0.25, 0.3) is 0 Å². The maximum Gasteiger partial charge on any atom is 0.184 e. The largest absolute Gasteiger partial charge is 0.489 e. The Morgan fingerprint density at radius 1 is 1.19 bits per heavy atom. The molecule has 0 amide bonds. The van der Waals surface area contributed by atoms with Gasteiger partial charge in [0.1, 0.15) is 12.4 Å². The zero-order chi connectivity index (χ0) is 19.1. The van der Waals surface area contributed by atoms with E-state index in [-0.39, 0.29) is 5.11 Å². The molecule has 0 aromatic heterocycles. The summed E-state index contributed by atoms with van der Waals surface area (Å²) in [6, 6.07) is 16.3. The number of nitrogens with one attached hydrogen (secondary N) is 1. The van der Waals surface area contributed by atoms with Gasteiger partial charge in [-0.15, -0.1) is 0 Å². The number of likely N-dealkylation sites (N-methyl/N-ethyl adjacent to an activating group) is 1. The van der Waals surface area contributed by atoms with E-state index in [0.29, 0.717) is 6.61 Å². The van der Waals surface area contributed by atoms with Crippen LogP contribution in [-0.4, -0.2) is 49.5 Å². The molecule has 3 N–H and O–H groups in total. The lowest BCUT2D eigenvalue weighted by molar-refractivity contribution is 0.304. The smallest absolute Gasteiger partial charge is 0.184 e. The van der Waals surface area contributed by atoms with Crippen LogP contribution in [0.1, 0.15) is 11.1 Å². The van der Waals surface area contributed by atoms with E-state index in [4.69, 9.17) is 22.7 Å². The number of ether oxygens (including phenoxy) is 1. The molecule has 7 heteroatoms. The molecule has 0 unspecified atom stereocenters. The van der Waals surface area contributed by atoms with Crippen molar-refractivity contribution in [2.24, 2.45) is 10.8 Å². The standard InChI is InChI=1S/C20H25N5OS/c1-24-9-11-25(12-10-24)18-3-2-4-19(13-18)26-15-17-7-5-16(6-8-17)14-22-23-20(21)27/h2-8,13-14H,9-12,15H2,1H3,(H3,21,23,27). The summed E-state index contributed by atoms with van der Waals surface area (Å²) in [4.78, 5) is 4.76. The van der Waals surface area contributed by atoms with Gasteiger partial charge in [-0.2, -0.15) is 5.10 Å². The fourth-order valence-corrected chi connectivity index (χ4v) is 2.92. The van der Waals surface area contributed by atoms with Gasteiger partial charge >= 0.3 is 0 Å². The predicted octanol–water partition coefficient (Wildman–Crippen LogP) is 2.18. The number of hydrogen-bond acceptors (Lipinski definition) is 5. The molecular weight excluding hydrogens is 358 g/mol. The fraction of sp³-hybridized carbons (Fsp3) is 0.300. The molecule has 0 radical (unpaired) electrons. The van der Waals surface area contributed by atoms with Crippen LogP contribution in [-0.2, 0) is 6.61 Å². The summed E-state index contributed by atoms with van der Waals surface area (Å²) in [6.07, 6.45) is 1.67. The molecule has 0 spiro atoms. The van der Waals surface area contributed by atoms with Gasteiger partial charge in [-0.3, -0.25) is 5.43 Å². The highest BCUT2D eigenvalue weighted by molar-refractivity contribution is 7.80. The molecular formula is C20H25N5OS. The Hall–Kier alpha value is -2.64. The van der Waals surface area contributed by atoms with Crippen LogP contribution in [0.15, 0.2) is 53.6 Å². The summed E-state index contributed by atoms with van der Waals surface area (Å²) in [5, 5.41) is 4.09. The van der Waals surface area contributed by atoms with E-state index >= 15 is 0 Å². The van der Waals surface area contributed by atoms with Crippen molar-refractivity contribution in [3.8, 4) is 5.75 Å². The zero-order valence-corrected chi connectivity index (χ0v) is 16.3. The zero-order valence-electron chi connectivity index (χ0n) is 15.5. The van der Waals surface area contributed by atoms with Crippen LogP contribution in [0.25, 0.3) is 0 Å². The summed E-state index contributed by atoms with van der Waals surface area (Å²) < 4.78 is 5.98. The Bertz CT molecular complexity index is 785. The molecule has 0 bridgehead atoms. The van der Waals surface area contributed by atoms with Gasteiger partial charge in [0, 0.05) is 37.9 Å². The number of nitrogens with zero attached hydrogens (tertiary/aromatic N) is 3. The normalized spacial score (nSPS) is 15.1. The number of hydrazone groups is 1. The summed E-state index contributed by atoms with van der Waals surface area (Å²) >= 11 is 4.70. The second-order valence-electron chi connectivity index (χ2n) is 6.55. The highest BCUT2D eigenvalue weighted by Crippen LogP contribution is 2.23. The first-order valence-electron chi connectivity index (χ1n) is 8.94. The Kier molecular flexibility index (Phi) is 6.62. The quantitative estimate of drug-likeness (QED) is 0.453. The molecule has 0 saturated carbocycles. The van der Waals surface area contributed by atoms with E-state index in [2.05, 4.69) is 45.6 Å². The van der Waals surface area contributed by atoms with E-state index in [0.717, 1.165) is 43.1 Å². The number of rotatable bonds is 6. The maximum atomic E-state index is 5.98. The van der Waals surface area contributed by atoms with Crippen molar-refractivity contribution in [1.82, 2.24) is 10.3 Å². The van der Waals surface area contributed by atoms with Gasteiger partial charge < -0.3 is 20.3 Å². The Morgan fingerprint density at radius 3 is 2.63 bits per heavy atom. The number of benzene rings is 2. The number of thiocarbonyl (C=S) groups is 1. The van der Waals surface area contributed by atoms with Crippen LogP contribution in [0.4, 0.5) is 5.69 Å². The van der Waals surface area contributed by atoms with Crippen LogP contribution < -0.4 is 20.8 Å². The van der Waals surface area contributed by atoms with Crippen LogP contribution in [0.2, 0.25) is 0 Å². The van der Waals surface area contributed by atoms with E-state index in [9.17, 15) is 0 Å². The second-order valence-corrected chi connectivity index (χ2v) is 6.99. The summed E-state index contributed by atoms with van der Waals surface area (Å²) in [7, 11) is 2.16. The highest BCUT2D eigenvalue weighted by atomic mass is 32.1. The van der Waals surface area contributed by atoms with Crippen molar-refractivity contribution in [3.05, 3.63) is 59.7 Å². The van der Waals surface area contributed by atoms with Crippen molar-refractivity contribution in [3.63, 3.8) is 0 Å². The first-order chi connectivity index (χ1) is 13.1. The van der Waals surface area contributed by atoms with Crippen molar-refractivity contribution >= 4 is 29.2 Å². The third kappa shape index (κ3) is 5.94. The van der Waals surface area contributed by atoms with Gasteiger partial charge in [0.2, 0.25) is 0 Å². The first kappa shape index (κ1) is 19.1. The SMILES string of the molecule is CN1CCN(c2cccc(OCc3ccc(C=NNC(N)=S)cc3)c2)CC1. The Balaban J connectivity index is 1.54. The highest BCUT2D eigenvalue weighted by Gasteiger charge is 2.14. The minimum atomic E-state index is 0.148. The van der Waals surface area contributed by atoms with Gasteiger partial charge in [0.05, 0.1) is 6.21 Å². The topological polar surface area (TPSA) is 66.1 Å². The molecule has 1 aliphatic rings. The van der Waals surface area contributed by atoms with Crippen molar-refractivity contribution in [1.29, 1.82) is 0 Å². The Labute approximate surface area is 165 Å². The molecule has 0 aliphatic carbocycles. The van der Waals surface area contributed by atoms with Gasteiger partial charge in [-0.1, -0.05) is 30.3 Å². The molecule has 2 aromatic rings. The first-order valence-corrected chi connectivity index (χ1v) is 9.35. The molecule has 1 fully saturated rings. The minimum Gasteiger partial charge on any atom is -0.489 e. The van der Waals surface area contributed by atoms with E-state index < -0.39 is 0 Å². The average molecular weight is 384 g/mol. The van der Waals surface area contributed by atoms with E-state index in [1.807, 2.05) is 30.3 Å². The predicted molar refractivity (Wildman–Crippen MR) is 114 cm³/mol. The summed E-state index contributed by atoms with van der Waals surface area (Å²) in [6.45, 7) is 4.80. The molecule has 1 aliphatic heterocycles. The van der Waals surface area contributed by atoms with Crippen molar-refractivity contribution in [2.45, 2.75) is 6.61 Å². The molecule has 6 nitrogen and oxygen atoms in total. The lowest BCUT2D eigenvalue weighted by atomic mass is 10.1. The average Bonchev–Trinajstić information content (AvgIpc) is 2.68. The van der Waals surface area contributed by atoms with E-state index in [1.165, 1.54) is 5.69 Å². The number of hydrogen-bond donors (Lipinski definition) is 2. The van der Waals surface area contributed by atoms with Crippen LogP contribution >= 0.6 is 12.2 Å².